The zero-order valence-electron chi connectivity index (χ0n) is 10.5. The SMILES string of the molecule is Cc1cc(CN(C)c2ccc([N+](=O)[O-])cc2Cl)no1. The van der Waals surface area contributed by atoms with Crippen molar-refractivity contribution in [2.75, 3.05) is 11.9 Å². The van der Waals surface area contributed by atoms with Crippen molar-refractivity contribution in [2.45, 2.75) is 13.5 Å². The highest BCUT2D eigenvalue weighted by molar-refractivity contribution is 6.33. The standard InChI is InChI=1S/C12H12ClN3O3/c1-8-5-9(14-19-8)7-15(2)12-4-3-10(16(17)18)6-11(12)13/h3-6H,7H2,1-2H3. The highest BCUT2D eigenvalue weighted by atomic mass is 35.5. The average Bonchev–Trinajstić information content (AvgIpc) is 2.74. The predicted octanol–water partition coefficient (Wildman–Crippen LogP) is 3.18. The summed E-state index contributed by atoms with van der Waals surface area (Å²) in [5.41, 5.74) is 1.45. The van der Waals surface area contributed by atoms with Crippen LogP contribution in [-0.4, -0.2) is 17.1 Å². The van der Waals surface area contributed by atoms with Crippen molar-refractivity contribution in [3.63, 3.8) is 0 Å². The Labute approximate surface area is 114 Å². The summed E-state index contributed by atoms with van der Waals surface area (Å²) in [7, 11) is 1.83. The second-order valence-electron chi connectivity index (χ2n) is 4.18. The molecule has 1 aromatic carbocycles. The van der Waals surface area contributed by atoms with Crippen LogP contribution < -0.4 is 4.90 Å². The van der Waals surface area contributed by atoms with Crippen LogP contribution in [0.5, 0.6) is 0 Å². The number of nitrogens with zero attached hydrogens (tertiary/aromatic N) is 3. The van der Waals surface area contributed by atoms with Crippen molar-refractivity contribution >= 4 is 23.0 Å². The van der Waals surface area contributed by atoms with Crippen LogP contribution in [0, 0.1) is 17.0 Å². The van der Waals surface area contributed by atoms with Gasteiger partial charge in [-0.1, -0.05) is 16.8 Å². The lowest BCUT2D eigenvalue weighted by Gasteiger charge is -2.18. The topological polar surface area (TPSA) is 72.4 Å². The van der Waals surface area contributed by atoms with E-state index in [1.807, 2.05) is 24.9 Å². The van der Waals surface area contributed by atoms with E-state index in [1.54, 1.807) is 6.07 Å². The quantitative estimate of drug-likeness (QED) is 0.636. The molecule has 19 heavy (non-hydrogen) atoms. The van der Waals surface area contributed by atoms with Crippen molar-refractivity contribution < 1.29 is 9.45 Å². The van der Waals surface area contributed by atoms with Crippen LogP contribution in [0.25, 0.3) is 0 Å². The van der Waals surface area contributed by atoms with Crippen LogP contribution in [0.4, 0.5) is 11.4 Å². The van der Waals surface area contributed by atoms with Gasteiger partial charge in [0.2, 0.25) is 0 Å². The summed E-state index contributed by atoms with van der Waals surface area (Å²) in [5.74, 6) is 0.734. The first kappa shape index (κ1) is 13.4. The summed E-state index contributed by atoms with van der Waals surface area (Å²) in [6, 6.07) is 6.20. The first-order valence-corrected chi connectivity index (χ1v) is 5.92. The third-order valence-corrected chi connectivity index (χ3v) is 2.93. The van der Waals surface area contributed by atoms with Crippen LogP contribution in [0.3, 0.4) is 0 Å². The fraction of sp³-hybridized carbons (Fsp3) is 0.250. The molecule has 0 saturated heterocycles. The van der Waals surface area contributed by atoms with E-state index < -0.39 is 4.92 Å². The van der Waals surface area contributed by atoms with Crippen LogP contribution in [0.15, 0.2) is 28.8 Å². The van der Waals surface area contributed by atoms with Crippen molar-refractivity contribution in [3.8, 4) is 0 Å². The Morgan fingerprint density at radius 3 is 2.74 bits per heavy atom. The number of aromatic nitrogens is 1. The first-order valence-electron chi connectivity index (χ1n) is 5.54. The third kappa shape index (κ3) is 3.03. The fourth-order valence-electron chi connectivity index (χ4n) is 1.74. The summed E-state index contributed by atoms with van der Waals surface area (Å²) < 4.78 is 4.98. The Balaban J connectivity index is 2.19. The monoisotopic (exact) mass is 281 g/mol. The summed E-state index contributed by atoms with van der Waals surface area (Å²) >= 11 is 6.05. The lowest BCUT2D eigenvalue weighted by molar-refractivity contribution is -0.384. The second kappa shape index (κ2) is 5.27. The molecule has 0 radical (unpaired) electrons. The van der Waals surface area contributed by atoms with Crippen molar-refractivity contribution in [1.29, 1.82) is 0 Å². The lowest BCUT2D eigenvalue weighted by atomic mass is 10.2. The van der Waals surface area contributed by atoms with Crippen molar-refractivity contribution in [2.24, 2.45) is 0 Å². The Morgan fingerprint density at radius 2 is 2.21 bits per heavy atom. The maximum atomic E-state index is 10.6. The zero-order valence-corrected chi connectivity index (χ0v) is 11.2. The van der Waals surface area contributed by atoms with Gasteiger partial charge in [-0.3, -0.25) is 10.1 Å². The molecule has 1 aromatic heterocycles. The van der Waals surface area contributed by atoms with E-state index in [2.05, 4.69) is 5.16 Å². The lowest BCUT2D eigenvalue weighted by Crippen LogP contribution is -2.17. The van der Waals surface area contributed by atoms with Crippen molar-refractivity contribution in [1.82, 2.24) is 5.16 Å². The number of anilines is 1. The molecule has 0 saturated carbocycles. The number of nitro groups is 1. The molecule has 0 unspecified atom stereocenters. The van der Waals surface area contributed by atoms with E-state index >= 15 is 0 Å². The Kier molecular flexibility index (Phi) is 3.71. The van der Waals surface area contributed by atoms with Gasteiger partial charge in [0.15, 0.2) is 0 Å². The molecule has 0 atom stereocenters. The molecule has 100 valence electrons. The largest absolute Gasteiger partial charge is 0.367 e. The molecule has 6 nitrogen and oxygen atoms in total. The number of benzene rings is 1. The molecule has 0 N–H and O–H groups in total. The van der Waals surface area contributed by atoms with Crippen LogP contribution in [0.1, 0.15) is 11.5 Å². The molecule has 2 rings (SSSR count). The number of halogens is 1. The Morgan fingerprint density at radius 1 is 1.47 bits per heavy atom. The molecule has 0 aliphatic heterocycles. The molecule has 7 heteroatoms. The average molecular weight is 282 g/mol. The van der Waals surface area contributed by atoms with Gasteiger partial charge < -0.3 is 9.42 Å². The van der Waals surface area contributed by atoms with Gasteiger partial charge in [-0.2, -0.15) is 0 Å². The van der Waals surface area contributed by atoms with E-state index in [-0.39, 0.29) is 5.69 Å². The number of nitro benzene ring substituents is 1. The maximum Gasteiger partial charge on any atom is 0.271 e. The van der Waals surface area contributed by atoms with E-state index in [9.17, 15) is 10.1 Å². The summed E-state index contributed by atoms with van der Waals surface area (Å²) in [6.45, 7) is 2.32. The maximum absolute atomic E-state index is 10.6. The predicted molar refractivity (Wildman–Crippen MR) is 71.5 cm³/mol. The number of hydrogen-bond donors (Lipinski definition) is 0. The summed E-state index contributed by atoms with van der Waals surface area (Å²) in [5, 5.41) is 14.9. The van der Waals surface area contributed by atoms with Gasteiger partial charge >= 0.3 is 0 Å². The van der Waals surface area contributed by atoms with Gasteiger partial charge in [-0.25, -0.2) is 0 Å². The molecule has 0 amide bonds. The number of rotatable bonds is 4. The van der Waals surface area contributed by atoms with Gasteiger partial charge in [0.1, 0.15) is 11.5 Å². The van der Waals surface area contributed by atoms with Gasteiger partial charge in [0.25, 0.3) is 5.69 Å². The van der Waals surface area contributed by atoms with Gasteiger partial charge in [0, 0.05) is 25.2 Å². The minimum atomic E-state index is -0.476. The minimum absolute atomic E-state index is 0.0283. The van der Waals surface area contributed by atoms with E-state index in [1.165, 1.54) is 12.1 Å². The van der Waals surface area contributed by atoms with E-state index in [0.717, 1.165) is 11.5 Å². The molecule has 1 heterocycles. The Hall–Kier alpha value is -2.08. The number of aryl methyl sites for hydroxylation is 1. The van der Waals surface area contributed by atoms with Crippen molar-refractivity contribution in [3.05, 3.63) is 50.9 Å². The number of non-ortho nitro benzene ring substituents is 1. The zero-order chi connectivity index (χ0) is 14.0. The molecule has 0 aliphatic rings. The highest BCUT2D eigenvalue weighted by Crippen LogP contribution is 2.29. The molecular formula is C12H12ClN3O3. The Bertz CT molecular complexity index is 612. The molecule has 0 aliphatic carbocycles. The van der Waals surface area contributed by atoms with Crippen LogP contribution >= 0.6 is 11.6 Å². The molecule has 0 bridgehead atoms. The second-order valence-corrected chi connectivity index (χ2v) is 4.58. The molecule has 0 fully saturated rings. The first-order chi connectivity index (χ1) is 8.97. The summed E-state index contributed by atoms with van der Waals surface area (Å²) in [4.78, 5) is 12.0. The molecule has 2 aromatic rings. The number of hydrogen-bond acceptors (Lipinski definition) is 5. The minimum Gasteiger partial charge on any atom is -0.367 e. The van der Waals surface area contributed by atoms with Gasteiger partial charge in [-0.15, -0.1) is 0 Å². The molecule has 0 spiro atoms. The smallest absolute Gasteiger partial charge is 0.271 e. The van der Waals surface area contributed by atoms with Gasteiger partial charge in [-0.05, 0) is 13.0 Å². The summed E-state index contributed by atoms with van der Waals surface area (Å²) in [6.07, 6.45) is 0. The van der Waals surface area contributed by atoms with E-state index in [0.29, 0.717) is 17.3 Å². The highest BCUT2D eigenvalue weighted by Gasteiger charge is 2.13. The molecular weight excluding hydrogens is 270 g/mol. The fourth-order valence-corrected chi connectivity index (χ4v) is 2.06. The van der Waals surface area contributed by atoms with Crippen LogP contribution in [0.2, 0.25) is 5.02 Å². The normalized spacial score (nSPS) is 10.5. The van der Waals surface area contributed by atoms with E-state index in [4.69, 9.17) is 16.1 Å². The van der Waals surface area contributed by atoms with Crippen LogP contribution in [-0.2, 0) is 6.54 Å². The van der Waals surface area contributed by atoms with Gasteiger partial charge in [0.05, 0.1) is 22.2 Å². The third-order valence-electron chi connectivity index (χ3n) is 2.63.